The molecular weight excluding hydrogens is 733 g/mol. The smallest absolute Gasteiger partial charge is 0.0434 e. The van der Waals surface area contributed by atoms with Gasteiger partial charge < -0.3 is 27.4 Å². The minimum absolute atomic E-state index is 0.621. The molecule has 0 aliphatic rings. The summed E-state index contributed by atoms with van der Waals surface area (Å²) in [4.78, 5) is 0. The highest BCUT2D eigenvalue weighted by molar-refractivity contribution is 5.75. The van der Waals surface area contributed by atoms with Gasteiger partial charge in [0.1, 0.15) is 0 Å². The molecule has 1 heterocycles. The zero-order valence-electron chi connectivity index (χ0n) is 34.5. The maximum Gasteiger partial charge on any atom is 0.0434 e. The number of benzene rings is 6. The Bertz CT molecular complexity index is 2390. The van der Waals surface area contributed by atoms with Gasteiger partial charge in [-0.25, -0.2) is 0 Å². The molecule has 0 radical (unpaired) electrons. The predicted octanol–water partition coefficient (Wildman–Crippen LogP) is 13.6. The number of fused-ring (bicyclic) bond motifs is 12. The fraction of sp³-hybridized carbons (Fsp3) is 0.111. The number of rotatable bonds is 12. The fourth-order valence-corrected chi connectivity index (χ4v) is 7.91. The lowest BCUT2D eigenvalue weighted by molar-refractivity contribution is 0.867. The lowest BCUT2D eigenvalue weighted by atomic mass is 10.2. The van der Waals surface area contributed by atoms with E-state index in [2.05, 4.69) is 212 Å². The summed E-state index contributed by atoms with van der Waals surface area (Å²) in [5.74, 6) is 0. The van der Waals surface area contributed by atoms with Gasteiger partial charge in [-0.3, -0.25) is 0 Å². The third-order valence-electron chi connectivity index (χ3n) is 10.6. The zero-order chi connectivity index (χ0) is 41.8. The van der Waals surface area contributed by atoms with Crippen LogP contribution in [0.15, 0.2) is 222 Å². The molecule has 0 saturated carbocycles. The van der Waals surface area contributed by atoms with Gasteiger partial charge in [0, 0.05) is 105 Å². The van der Waals surface area contributed by atoms with Crippen molar-refractivity contribution < 1.29 is 0 Å². The van der Waals surface area contributed by atoms with Crippen molar-refractivity contribution in [2.45, 2.75) is 39.3 Å². The van der Waals surface area contributed by atoms with Gasteiger partial charge in [0.05, 0.1) is 0 Å². The lowest BCUT2D eigenvalue weighted by Crippen LogP contribution is -2.03. The first-order chi connectivity index (χ1) is 29.5. The lowest BCUT2D eigenvalue weighted by Gasteiger charge is -2.15. The molecule has 7 aromatic rings. The van der Waals surface area contributed by atoms with Crippen molar-refractivity contribution in [3.8, 4) is 0 Å². The minimum atomic E-state index is 0.621. The standard InChI is InChI=1S/C54H54N6/c1-7-31-55-43-19-13-21-45(37-43)56(32-8-2)47-23-15-25-49(39-47)58(34-10-4)51-27-17-29-53(41-51)60(36-12-6)54-30-18-28-52(42-54)59(35-11-5)50-26-16-24-48(40-50)57(33-9-3)46-22-14-20-44(55)38-46/h7-30,37-42H,1-6,31-36H2. The molecule has 0 fully saturated rings. The molecule has 0 spiro atoms. The quantitative estimate of drug-likeness (QED) is 0.110. The van der Waals surface area contributed by atoms with Gasteiger partial charge in [0.2, 0.25) is 0 Å². The highest BCUT2D eigenvalue weighted by Crippen LogP contribution is 2.21. The molecule has 0 saturated heterocycles. The minimum Gasteiger partial charge on any atom is -0.337 e. The SMILES string of the molecule is C=CCn1c2cccc(c2)n(CC=C)c2cccc(c2)n(CC=C)c2cccc(c2)n(CC=C)c2cccc(c2)n(CC=C)c2cccc(c2)n(CC=C)c2cccc1c2. The normalized spacial score (nSPS) is 10.8. The second-order valence-electron chi connectivity index (χ2n) is 14.5. The maximum atomic E-state index is 4.16. The van der Waals surface area contributed by atoms with Crippen LogP contribution in [0.1, 0.15) is 0 Å². The maximum absolute atomic E-state index is 4.16. The zero-order valence-corrected chi connectivity index (χ0v) is 34.5. The summed E-state index contributed by atoms with van der Waals surface area (Å²) in [6, 6.07) is 52.2. The Morgan fingerprint density at radius 3 is 0.450 bits per heavy atom. The van der Waals surface area contributed by atoms with Gasteiger partial charge in [-0.2, -0.15) is 0 Å². The van der Waals surface area contributed by atoms with Gasteiger partial charge in [-0.15, -0.1) is 39.5 Å². The Labute approximate surface area is 353 Å². The van der Waals surface area contributed by atoms with Crippen LogP contribution in [0.4, 0.5) is 0 Å². The largest absolute Gasteiger partial charge is 0.337 e. The Balaban J connectivity index is 1.74. The van der Waals surface area contributed by atoms with E-state index in [9.17, 15) is 0 Å². The Morgan fingerprint density at radius 1 is 0.233 bits per heavy atom. The van der Waals surface area contributed by atoms with Crippen LogP contribution in [-0.2, 0) is 39.3 Å². The van der Waals surface area contributed by atoms with E-state index in [1.165, 1.54) is 0 Å². The van der Waals surface area contributed by atoms with Crippen molar-refractivity contribution in [2.24, 2.45) is 0 Å². The molecule has 0 aliphatic heterocycles. The number of allylic oxidation sites excluding steroid dienone is 6. The molecule has 7 rings (SSSR count). The molecule has 0 unspecified atom stereocenters. The monoisotopic (exact) mass is 786 g/mol. The van der Waals surface area contributed by atoms with Crippen molar-refractivity contribution in [1.29, 1.82) is 0 Å². The van der Waals surface area contributed by atoms with Crippen molar-refractivity contribution in [2.75, 3.05) is 0 Å². The van der Waals surface area contributed by atoms with Crippen LogP contribution in [0.5, 0.6) is 0 Å². The van der Waals surface area contributed by atoms with E-state index in [1.807, 2.05) is 36.5 Å². The summed E-state index contributed by atoms with van der Waals surface area (Å²) >= 11 is 0. The van der Waals surface area contributed by atoms with Crippen LogP contribution < -0.4 is 0 Å². The van der Waals surface area contributed by atoms with Gasteiger partial charge in [0.15, 0.2) is 0 Å². The molecule has 6 heteroatoms. The summed E-state index contributed by atoms with van der Waals surface area (Å²) in [5, 5.41) is 0. The number of aromatic nitrogens is 6. The second-order valence-corrected chi connectivity index (χ2v) is 14.5. The van der Waals surface area contributed by atoms with Crippen molar-refractivity contribution in [3.05, 3.63) is 222 Å². The van der Waals surface area contributed by atoms with Crippen molar-refractivity contribution >= 4 is 66.2 Å². The molecule has 0 atom stereocenters. The number of hydrogen-bond donors (Lipinski definition) is 0. The highest BCUT2D eigenvalue weighted by atomic mass is 15.0. The van der Waals surface area contributed by atoms with Crippen LogP contribution in [0.25, 0.3) is 66.2 Å². The molecule has 0 amide bonds. The summed E-state index contributed by atoms with van der Waals surface area (Å²) in [6.07, 6.45) is 11.7. The van der Waals surface area contributed by atoms with Crippen LogP contribution >= 0.6 is 0 Å². The third-order valence-corrected chi connectivity index (χ3v) is 10.6. The molecule has 0 N–H and O–H groups in total. The fourth-order valence-electron chi connectivity index (χ4n) is 7.91. The summed E-state index contributed by atoms with van der Waals surface area (Å²) in [7, 11) is 0. The molecule has 6 aromatic carbocycles. The molecule has 300 valence electrons. The molecule has 1 aromatic heterocycles. The average Bonchev–Trinajstić information content (AvgIpc) is 3.29. The van der Waals surface area contributed by atoms with Crippen LogP contribution in [0.3, 0.4) is 0 Å². The van der Waals surface area contributed by atoms with E-state index in [-0.39, 0.29) is 0 Å². The van der Waals surface area contributed by atoms with E-state index < -0.39 is 0 Å². The van der Waals surface area contributed by atoms with E-state index in [0.29, 0.717) is 39.3 Å². The predicted molar refractivity (Wildman–Crippen MR) is 260 cm³/mol. The Hall–Kier alpha value is -7.44. The Morgan fingerprint density at radius 2 is 0.350 bits per heavy atom. The number of hydrogen-bond acceptors (Lipinski definition) is 0. The first-order valence-electron chi connectivity index (χ1n) is 20.4. The van der Waals surface area contributed by atoms with Gasteiger partial charge in [-0.1, -0.05) is 72.9 Å². The summed E-state index contributed by atoms with van der Waals surface area (Å²) in [5.41, 5.74) is 12.6. The molecule has 0 aliphatic carbocycles. The highest BCUT2D eigenvalue weighted by Gasteiger charge is 2.05. The molecule has 6 nitrogen and oxygen atoms in total. The molecule has 12 bridgehead atoms. The van der Waals surface area contributed by atoms with E-state index in [1.54, 1.807) is 0 Å². The van der Waals surface area contributed by atoms with Crippen LogP contribution in [0, 0.1) is 0 Å². The van der Waals surface area contributed by atoms with E-state index >= 15 is 0 Å². The summed E-state index contributed by atoms with van der Waals surface area (Å²) < 4.78 is 13.8. The van der Waals surface area contributed by atoms with Crippen LogP contribution in [0.2, 0.25) is 0 Å². The van der Waals surface area contributed by atoms with E-state index in [0.717, 1.165) is 66.2 Å². The first kappa shape index (κ1) is 40.7. The Kier molecular flexibility index (Phi) is 13.1. The topological polar surface area (TPSA) is 29.6 Å². The molecular formula is C54H54N6. The van der Waals surface area contributed by atoms with Gasteiger partial charge >= 0.3 is 0 Å². The third kappa shape index (κ3) is 8.83. The van der Waals surface area contributed by atoms with Crippen LogP contribution in [-0.4, -0.2) is 27.4 Å². The number of nitrogens with zero attached hydrogens (tertiary/aromatic N) is 6. The van der Waals surface area contributed by atoms with E-state index in [4.69, 9.17) is 0 Å². The van der Waals surface area contributed by atoms with Gasteiger partial charge in [-0.05, 0) is 109 Å². The second kappa shape index (κ2) is 19.3. The van der Waals surface area contributed by atoms with Crippen molar-refractivity contribution in [3.63, 3.8) is 0 Å². The van der Waals surface area contributed by atoms with Gasteiger partial charge in [0.25, 0.3) is 0 Å². The molecule has 60 heavy (non-hydrogen) atoms. The first-order valence-corrected chi connectivity index (χ1v) is 20.4. The average molecular weight is 787 g/mol. The summed E-state index contributed by atoms with van der Waals surface area (Å²) in [6.45, 7) is 28.7. The van der Waals surface area contributed by atoms with Crippen molar-refractivity contribution in [1.82, 2.24) is 27.4 Å².